The molecule has 3 rings (SSSR count). The third-order valence-corrected chi connectivity index (χ3v) is 4.83. The van der Waals surface area contributed by atoms with Gasteiger partial charge < -0.3 is 9.30 Å². The van der Waals surface area contributed by atoms with E-state index in [9.17, 15) is 4.79 Å². The Morgan fingerprint density at radius 1 is 1.22 bits per heavy atom. The van der Waals surface area contributed by atoms with Crippen LogP contribution in [0, 0.1) is 0 Å². The number of thioether (sulfide) groups is 1. The minimum absolute atomic E-state index is 0.460. The number of anilines is 1. The van der Waals surface area contributed by atoms with E-state index in [4.69, 9.17) is 9.72 Å². The van der Waals surface area contributed by atoms with Crippen LogP contribution in [-0.4, -0.2) is 39.5 Å². The van der Waals surface area contributed by atoms with E-state index in [1.165, 1.54) is 4.90 Å². The summed E-state index contributed by atoms with van der Waals surface area (Å²) in [6, 6.07) is 9.96. The van der Waals surface area contributed by atoms with E-state index >= 15 is 0 Å². The third kappa shape index (κ3) is 3.78. The molecule has 0 atom stereocenters. The lowest BCUT2D eigenvalue weighted by Crippen LogP contribution is -2.34. The summed E-state index contributed by atoms with van der Waals surface area (Å²) in [6.45, 7) is 5.53. The van der Waals surface area contributed by atoms with Crippen LogP contribution in [0.1, 0.15) is 20.8 Å². The summed E-state index contributed by atoms with van der Waals surface area (Å²) in [5.74, 6) is 0.483. The number of imidazole rings is 1. The number of nitrogens with zero attached hydrogens (tertiary/aromatic N) is 4. The van der Waals surface area contributed by atoms with Gasteiger partial charge in [-0.3, -0.25) is 4.90 Å². The van der Waals surface area contributed by atoms with Crippen molar-refractivity contribution in [2.45, 2.75) is 31.3 Å². The van der Waals surface area contributed by atoms with Crippen molar-refractivity contribution in [3.05, 3.63) is 36.7 Å². The number of fused-ring (bicyclic) bond motifs is 1. The molecule has 27 heavy (non-hydrogen) atoms. The number of benzene rings is 1. The fraction of sp³-hybridized carbons (Fsp3) is 0.350. The summed E-state index contributed by atoms with van der Waals surface area (Å²) in [4.78, 5) is 24.4. The Hall–Kier alpha value is -2.54. The Bertz CT molecular complexity index is 977. The number of carbonyl (C=O) groups is 1. The van der Waals surface area contributed by atoms with Crippen LogP contribution in [0.4, 0.5) is 10.6 Å². The van der Waals surface area contributed by atoms with Gasteiger partial charge in [-0.1, -0.05) is 30.3 Å². The van der Waals surface area contributed by atoms with Gasteiger partial charge in [-0.2, -0.15) is 0 Å². The van der Waals surface area contributed by atoms with Crippen molar-refractivity contribution in [3.63, 3.8) is 0 Å². The molecule has 0 spiro atoms. The second-order valence-corrected chi connectivity index (χ2v) is 8.09. The Morgan fingerprint density at radius 2 is 1.89 bits per heavy atom. The zero-order valence-corrected chi connectivity index (χ0v) is 17.3. The molecule has 142 valence electrons. The van der Waals surface area contributed by atoms with E-state index in [0.29, 0.717) is 11.3 Å². The molecule has 0 unspecified atom stereocenters. The van der Waals surface area contributed by atoms with Gasteiger partial charge in [0, 0.05) is 19.7 Å². The highest BCUT2D eigenvalue weighted by molar-refractivity contribution is 7.99. The van der Waals surface area contributed by atoms with Crippen molar-refractivity contribution >= 4 is 34.7 Å². The topological polar surface area (TPSA) is 60.3 Å². The lowest BCUT2D eigenvalue weighted by molar-refractivity contribution is 0.0588. The molecule has 3 aromatic rings. The van der Waals surface area contributed by atoms with Gasteiger partial charge in [0.15, 0.2) is 5.82 Å². The SMILES string of the molecule is CSc1c(-c2ccccc2)nc(N(C)C(=O)OC(C)(C)C)c2ncn(C)c12. The van der Waals surface area contributed by atoms with Gasteiger partial charge in [-0.25, -0.2) is 14.8 Å². The number of hydrogen-bond acceptors (Lipinski definition) is 5. The molecular formula is C20H24N4O2S. The van der Waals surface area contributed by atoms with Crippen molar-refractivity contribution in [1.82, 2.24) is 14.5 Å². The van der Waals surface area contributed by atoms with Gasteiger partial charge in [-0.05, 0) is 27.0 Å². The predicted molar refractivity (Wildman–Crippen MR) is 110 cm³/mol. The molecule has 0 aliphatic heterocycles. The normalized spacial score (nSPS) is 11.6. The Kier molecular flexibility index (Phi) is 5.15. The smallest absolute Gasteiger partial charge is 0.415 e. The summed E-state index contributed by atoms with van der Waals surface area (Å²) in [5.41, 5.74) is 2.85. The van der Waals surface area contributed by atoms with Gasteiger partial charge in [0.25, 0.3) is 0 Å². The third-order valence-electron chi connectivity index (χ3n) is 4.03. The van der Waals surface area contributed by atoms with Crippen molar-refractivity contribution in [1.29, 1.82) is 0 Å². The first kappa shape index (κ1) is 19.2. The van der Waals surface area contributed by atoms with Crippen LogP contribution in [0.3, 0.4) is 0 Å². The molecule has 0 saturated heterocycles. The standard InChI is InChI=1S/C20H24N4O2S/c1-20(2,3)26-19(25)24(5)18-15-16(23(4)12-21-15)17(27-6)14(22-18)13-10-8-7-9-11-13/h7-12H,1-6H3. The summed E-state index contributed by atoms with van der Waals surface area (Å²) < 4.78 is 7.48. The first-order valence-corrected chi connectivity index (χ1v) is 9.86. The number of hydrogen-bond donors (Lipinski definition) is 0. The largest absolute Gasteiger partial charge is 0.443 e. The number of pyridine rings is 1. The lowest BCUT2D eigenvalue weighted by atomic mass is 10.1. The number of ether oxygens (including phenoxy) is 1. The van der Waals surface area contributed by atoms with Crippen LogP contribution < -0.4 is 4.90 Å². The second-order valence-electron chi connectivity index (χ2n) is 7.28. The van der Waals surface area contributed by atoms with Crippen LogP contribution in [-0.2, 0) is 11.8 Å². The molecule has 1 amide bonds. The monoisotopic (exact) mass is 384 g/mol. The van der Waals surface area contributed by atoms with E-state index in [1.807, 2.05) is 69.0 Å². The second kappa shape index (κ2) is 7.23. The highest BCUT2D eigenvalue weighted by Crippen LogP contribution is 2.38. The number of carbonyl (C=O) groups excluding carboxylic acids is 1. The summed E-state index contributed by atoms with van der Waals surface area (Å²) in [5, 5.41) is 0. The average Bonchev–Trinajstić information content (AvgIpc) is 3.01. The quantitative estimate of drug-likeness (QED) is 0.611. The highest BCUT2D eigenvalue weighted by Gasteiger charge is 2.26. The van der Waals surface area contributed by atoms with Crippen LogP contribution >= 0.6 is 11.8 Å². The first-order valence-electron chi connectivity index (χ1n) is 8.64. The zero-order chi connectivity index (χ0) is 19.8. The molecule has 6 nitrogen and oxygen atoms in total. The maximum atomic E-state index is 12.6. The van der Waals surface area contributed by atoms with E-state index < -0.39 is 11.7 Å². The van der Waals surface area contributed by atoms with E-state index in [2.05, 4.69) is 4.98 Å². The molecular weight excluding hydrogens is 360 g/mol. The molecule has 0 aliphatic carbocycles. The molecule has 0 saturated carbocycles. The molecule has 7 heteroatoms. The van der Waals surface area contributed by atoms with Gasteiger partial charge in [0.05, 0.1) is 22.4 Å². The minimum atomic E-state index is -0.587. The van der Waals surface area contributed by atoms with E-state index in [1.54, 1.807) is 25.1 Å². The molecule has 0 fully saturated rings. The van der Waals surface area contributed by atoms with Crippen LogP contribution in [0.2, 0.25) is 0 Å². The van der Waals surface area contributed by atoms with E-state index in [0.717, 1.165) is 21.7 Å². The molecule has 2 aromatic heterocycles. The lowest BCUT2D eigenvalue weighted by Gasteiger charge is -2.25. The molecule has 0 N–H and O–H groups in total. The maximum absolute atomic E-state index is 12.6. The fourth-order valence-electron chi connectivity index (χ4n) is 2.82. The van der Waals surface area contributed by atoms with Gasteiger partial charge >= 0.3 is 6.09 Å². The average molecular weight is 385 g/mol. The molecule has 2 heterocycles. The number of rotatable bonds is 3. The summed E-state index contributed by atoms with van der Waals surface area (Å²) in [6.07, 6.45) is 3.30. The minimum Gasteiger partial charge on any atom is -0.443 e. The molecule has 0 radical (unpaired) electrons. The van der Waals surface area contributed by atoms with Crippen molar-refractivity contribution < 1.29 is 9.53 Å². The Morgan fingerprint density at radius 3 is 2.48 bits per heavy atom. The van der Waals surface area contributed by atoms with Gasteiger partial charge in [-0.15, -0.1) is 11.8 Å². The Labute approximate surface area is 163 Å². The van der Waals surface area contributed by atoms with Gasteiger partial charge in [0.2, 0.25) is 0 Å². The van der Waals surface area contributed by atoms with Crippen LogP contribution in [0.5, 0.6) is 0 Å². The van der Waals surface area contributed by atoms with E-state index in [-0.39, 0.29) is 0 Å². The predicted octanol–water partition coefficient (Wildman–Crippen LogP) is 4.73. The number of amides is 1. The zero-order valence-electron chi connectivity index (χ0n) is 16.5. The fourth-order valence-corrected chi connectivity index (χ4v) is 3.61. The molecule has 0 aliphatic rings. The molecule has 0 bridgehead atoms. The number of aromatic nitrogens is 3. The van der Waals surface area contributed by atoms with Crippen molar-refractivity contribution in [2.24, 2.45) is 7.05 Å². The molecule has 1 aromatic carbocycles. The summed E-state index contributed by atoms with van der Waals surface area (Å²) in [7, 11) is 3.61. The van der Waals surface area contributed by atoms with Crippen molar-refractivity contribution in [2.75, 3.05) is 18.2 Å². The maximum Gasteiger partial charge on any atom is 0.415 e. The van der Waals surface area contributed by atoms with Crippen LogP contribution in [0.15, 0.2) is 41.6 Å². The highest BCUT2D eigenvalue weighted by atomic mass is 32.2. The van der Waals surface area contributed by atoms with Crippen molar-refractivity contribution in [3.8, 4) is 11.3 Å². The Balaban J connectivity index is 2.23. The first-order chi connectivity index (χ1) is 12.7. The number of aryl methyl sites for hydroxylation is 1. The van der Waals surface area contributed by atoms with Crippen LogP contribution in [0.25, 0.3) is 22.3 Å². The van der Waals surface area contributed by atoms with Gasteiger partial charge in [0.1, 0.15) is 11.1 Å². The summed E-state index contributed by atoms with van der Waals surface area (Å²) >= 11 is 1.62.